The van der Waals surface area contributed by atoms with Crippen LogP contribution in [0.3, 0.4) is 0 Å². The van der Waals surface area contributed by atoms with Crippen molar-refractivity contribution in [2.24, 2.45) is 16.6 Å². The monoisotopic (exact) mass is 202 g/mol. The van der Waals surface area contributed by atoms with E-state index in [-0.39, 0.29) is 18.0 Å². The lowest BCUT2D eigenvalue weighted by atomic mass is 9.80. The van der Waals surface area contributed by atoms with E-state index in [1.54, 1.807) is 6.92 Å². The molecule has 14 heavy (non-hydrogen) atoms. The zero-order valence-electron chi connectivity index (χ0n) is 8.20. The molecule has 2 rings (SSSR count). The smallest absolute Gasteiger partial charge is 0.282 e. The Morgan fingerprint density at radius 2 is 2.50 bits per heavy atom. The van der Waals surface area contributed by atoms with Crippen LogP contribution in [0.25, 0.3) is 0 Å². The molecule has 2 aliphatic heterocycles. The van der Waals surface area contributed by atoms with Gasteiger partial charge in [-0.05, 0) is 6.92 Å². The van der Waals surface area contributed by atoms with E-state index in [1.165, 1.54) is 0 Å². The number of fused-ring (bicyclic) bond motifs is 1. The Morgan fingerprint density at radius 1 is 1.71 bits per heavy atom. The third-order valence-electron chi connectivity index (χ3n) is 3.00. The Hall–Kier alpha value is -0.840. The fraction of sp³-hybridized carbons (Fsp3) is 0.889. The van der Waals surface area contributed by atoms with Crippen molar-refractivity contribution in [1.29, 1.82) is 0 Å². The van der Waals surface area contributed by atoms with Crippen molar-refractivity contribution in [3.63, 3.8) is 0 Å². The quantitative estimate of drug-likeness (QED) is 0.672. The first-order valence-electron chi connectivity index (χ1n) is 4.81. The summed E-state index contributed by atoms with van der Waals surface area (Å²) < 4.78 is 23.6. The molecule has 0 aliphatic carbocycles. The van der Waals surface area contributed by atoms with Crippen LogP contribution in [0.1, 0.15) is 13.3 Å². The molecule has 1 saturated heterocycles. The minimum Gasteiger partial charge on any atom is -0.462 e. The first-order chi connectivity index (χ1) is 6.65. The molecule has 2 heterocycles. The molecular formula is C9H15FN2O2. The molecule has 0 amide bonds. The second-order valence-corrected chi connectivity index (χ2v) is 4.07. The maximum absolute atomic E-state index is 12.9. The fourth-order valence-corrected chi connectivity index (χ4v) is 2.08. The molecular weight excluding hydrogens is 187 g/mol. The lowest BCUT2D eigenvalue weighted by molar-refractivity contribution is -0.0717. The highest BCUT2D eigenvalue weighted by Crippen LogP contribution is 2.34. The SMILES string of the molecule is C[C@@]1(CF)N=C(N)O[C@@H]2CCOC[C@@H]21. The molecule has 0 aromatic carbocycles. The van der Waals surface area contributed by atoms with Gasteiger partial charge < -0.3 is 15.2 Å². The van der Waals surface area contributed by atoms with Crippen LogP contribution >= 0.6 is 0 Å². The van der Waals surface area contributed by atoms with Crippen LogP contribution in [-0.4, -0.2) is 37.6 Å². The molecule has 0 spiro atoms. The van der Waals surface area contributed by atoms with Crippen molar-refractivity contribution >= 4 is 6.02 Å². The summed E-state index contributed by atoms with van der Waals surface area (Å²) in [6, 6.07) is 0.105. The van der Waals surface area contributed by atoms with Crippen molar-refractivity contribution in [3.05, 3.63) is 0 Å². The van der Waals surface area contributed by atoms with Gasteiger partial charge in [0.05, 0.1) is 13.2 Å². The number of alkyl halides is 1. The van der Waals surface area contributed by atoms with Crippen LogP contribution in [0.4, 0.5) is 4.39 Å². The minimum atomic E-state index is -0.770. The molecule has 0 bridgehead atoms. The summed E-state index contributed by atoms with van der Waals surface area (Å²) in [6.45, 7) is 2.38. The number of nitrogens with two attached hydrogens (primary N) is 1. The first-order valence-corrected chi connectivity index (χ1v) is 4.81. The van der Waals surface area contributed by atoms with Crippen LogP contribution in [0.5, 0.6) is 0 Å². The second-order valence-electron chi connectivity index (χ2n) is 4.07. The lowest BCUT2D eigenvalue weighted by Crippen LogP contribution is -2.54. The summed E-state index contributed by atoms with van der Waals surface area (Å²) in [5.41, 5.74) is 4.74. The van der Waals surface area contributed by atoms with Gasteiger partial charge in [0, 0.05) is 12.3 Å². The summed E-state index contributed by atoms with van der Waals surface area (Å²) in [5.74, 6) is -0.0199. The second kappa shape index (κ2) is 3.38. The molecule has 1 fully saturated rings. The predicted molar refractivity (Wildman–Crippen MR) is 49.8 cm³/mol. The van der Waals surface area contributed by atoms with Gasteiger partial charge in [0.25, 0.3) is 6.02 Å². The van der Waals surface area contributed by atoms with Crippen LogP contribution in [0.15, 0.2) is 4.99 Å². The Morgan fingerprint density at radius 3 is 3.21 bits per heavy atom. The maximum Gasteiger partial charge on any atom is 0.282 e. The average Bonchev–Trinajstić information content (AvgIpc) is 2.17. The summed E-state index contributed by atoms with van der Waals surface area (Å²) in [7, 11) is 0. The van der Waals surface area contributed by atoms with E-state index in [0.717, 1.165) is 6.42 Å². The van der Waals surface area contributed by atoms with Crippen molar-refractivity contribution in [3.8, 4) is 0 Å². The zero-order valence-corrected chi connectivity index (χ0v) is 8.20. The normalized spacial score (nSPS) is 42.3. The number of amidine groups is 1. The molecule has 4 nitrogen and oxygen atoms in total. The Bertz CT molecular complexity index is 259. The molecule has 5 heteroatoms. The van der Waals surface area contributed by atoms with E-state index in [1.807, 2.05) is 0 Å². The summed E-state index contributed by atoms with van der Waals surface area (Å²) in [6.07, 6.45) is 0.721. The van der Waals surface area contributed by atoms with Crippen LogP contribution < -0.4 is 5.73 Å². The van der Waals surface area contributed by atoms with Gasteiger partial charge >= 0.3 is 0 Å². The van der Waals surface area contributed by atoms with Gasteiger partial charge in [-0.3, -0.25) is 0 Å². The van der Waals surface area contributed by atoms with Crippen LogP contribution in [0.2, 0.25) is 0 Å². The number of nitrogens with zero attached hydrogens (tertiary/aromatic N) is 1. The van der Waals surface area contributed by atoms with Crippen molar-refractivity contribution in [1.82, 2.24) is 0 Å². The third-order valence-corrected chi connectivity index (χ3v) is 3.00. The number of halogens is 1. The van der Waals surface area contributed by atoms with E-state index >= 15 is 0 Å². The molecule has 0 radical (unpaired) electrons. The Balaban J connectivity index is 2.25. The molecule has 80 valence electrons. The van der Waals surface area contributed by atoms with E-state index in [4.69, 9.17) is 15.2 Å². The van der Waals surface area contributed by atoms with Gasteiger partial charge in [0.1, 0.15) is 18.3 Å². The minimum absolute atomic E-state index is 0.0199. The largest absolute Gasteiger partial charge is 0.462 e. The standard InChI is InChI=1S/C9H15FN2O2/c1-9(5-10)6-4-13-3-2-7(6)14-8(11)12-9/h6-7H,2-5H2,1H3,(H2,11,12)/t6-,7+,9-/m0/s1. The summed E-state index contributed by atoms with van der Waals surface area (Å²) >= 11 is 0. The topological polar surface area (TPSA) is 56.8 Å². The number of rotatable bonds is 1. The number of ether oxygens (including phenoxy) is 2. The maximum atomic E-state index is 12.9. The van der Waals surface area contributed by atoms with Gasteiger partial charge in [-0.2, -0.15) is 0 Å². The van der Waals surface area contributed by atoms with E-state index < -0.39 is 12.2 Å². The van der Waals surface area contributed by atoms with Gasteiger partial charge in [0.15, 0.2) is 0 Å². The highest BCUT2D eigenvalue weighted by atomic mass is 19.1. The Labute approximate surface area is 82.3 Å². The Kier molecular flexibility index (Phi) is 2.34. The van der Waals surface area contributed by atoms with E-state index in [9.17, 15) is 4.39 Å². The molecule has 0 saturated carbocycles. The van der Waals surface area contributed by atoms with Gasteiger partial charge in [0.2, 0.25) is 0 Å². The number of hydrogen-bond acceptors (Lipinski definition) is 4. The van der Waals surface area contributed by atoms with Crippen LogP contribution in [-0.2, 0) is 9.47 Å². The molecule has 0 aromatic rings. The lowest BCUT2D eigenvalue weighted by Gasteiger charge is -2.43. The molecule has 2 N–H and O–H groups in total. The number of aliphatic imine (C=N–C) groups is 1. The van der Waals surface area contributed by atoms with Crippen molar-refractivity contribution in [2.45, 2.75) is 25.0 Å². The van der Waals surface area contributed by atoms with E-state index in [2.05, 4.69) is 4.99 Å². The van der Waals surface area contributed by atoms with Gasteiger partial charge in [-0.1, -0.05) is 0 Å². The summed E-state index contributed by atoms with van der Waals surface area (Å²) in [4.78, 5) is 4.03. The van der Waals surface area contributed by atoms with Crippen molar-refractivity contribution in [2.75, 3.05) is 19.9 Å². The van der Waals surface area contributed by atoms with Crippen LogP contribution in [0, 0.1) is 5.92 Å². The zero-order chi connectivity index (χ0) is 10.2. The summed E-state index contributed by atoms with van der Waals surface area (Å²) in [5, 5.41) is 0. The van der Waals surface area contributed by atoms with E-state index in [0.29, 0.717) is 13.2 Å². The molecule has 0 unspecified atom stereocenters. The molecule has 0 aromatic heterocycles. The molecule has 3 atom stereocenters. The first kappa shape index (κ1) is 9.71. The highest BCUT2D eigenvalue weighted by molar-refractivity contribution is 5.73. The van der Waals surface area contributed by atoms with Gasteiger partial charge in [-0.15, -0.1) is 0 Å². The third kappa shape index (κ3) is 1.45. The van der Waals surface area contributed by atoms with Crippen molar-refractivity contribution < 1.29 is 13.9 Å². The van der Waals surface area contributed by atoms with Gasteiger partial charge in [-0.25, -0.2) is 9.38 Å². The number of hydrogen-bond donors (Lipinski definition) is 1. The predicted octanol–water partition coefficient (Wildman–Crippen LogP) is 0.465. The molecule has 2 aliphatic rings. The fourth-order valence-electron chi connectivity index (χ4n) is 2.08. The average molecular weight is 202 g/mol. The highest BCUT2D eigenvalue weighted by Gasteiger charge is 2.46.